The number of amides is 1. The molecule has 0 aliphatic carbocycles. The highest BCUT2D eigenvalue weighted by molar-refractivity contribution is 5.83. The number of likely N-dealkylation sites (tertiary alicyclic amines) is 1. The molecule has 0 aromatic rings. The molecule has 0 spiro atoms. The molecule has 0 bridgehead atoms. The zero-order valence-electron chi connectivity index (χ0n) is 8.96. The van der Waals surface area contributed by atoms with Gasteiger partial charge in [0.1, 0.15) is 0 Å². The maximum Gasteiger partial charge on any atom is 0.267 e. The number of aliphatic hydroxyl groups is 1. The molecule has 0 radical (unpaired) electrons. The Bertz CT molecular complexity index is 280. The lowest BCUT2D eigenvalue weighted by Gasteiger charge is -2.25. The molecule has 16 heavy (non-hydrogen) atoms. The van der Waals surface area contributed by atoms with Crippen LogP contribution >= 0.6 is 0 Å². The molecule has 2 aliphatic rings. The molecule has 2 N–H and O–H groups in total. The first-order chi connectivity index (χ1) is 7.53. The predicted molar refractivity (Wildman–Crippen MR) is 53.2 cm³/mol. The van der Waals surface area contributed by atoms with Crippen LogP contribution in [0.4, 0.5) is 8.78 Å². The van der Waals surface area contributed by atoms with E-state index >= 15 is 0 Å². The first-order valence-electron chi connectivity index (χ1n) is 5.56. The van der Waals surface area contributed by atoms with Crippen LogP contribution in [0.3, 0.4) is 0 Å². The normalized spacial score (nSPS) is 33.3. The van der Waals surface area contributed by atoms with Gasteiger partial charge in [0.25, 0.3) is 5.92 Å². The minimum Gasteiger partial charge on any atom is -0.394 e. The SMILES string of the molecule is O=C([C@@H]1CCCN1)N1CC(F)(F)C[C@H]1CO. The first-order valence-corrected chi connectivity index (χ1v) is 5.56. The van der Waals surface area contributed by atoms with E-state index in [1.54, 1.807) is 0 Å². The Morgan fingerprint density at radius 1 is 1.56 bits per heavy atom. The summed E-state index contributed by atoms with van der Waals surface area (Å²) in [6.45, 7) is -0.201. The fourth-order valence-corrected chi connectivity index (χ4v) is 2.41. The largest absolute Gasteiger partial charge is 0.394 e. The van der Waals surface area contributed by atoms with Gasteiger partial charge in [-0.3, -0.25) is 4.79 Å². The Labute approximate surface area is 92.6 Å². The number of rotatable bonds is 2. The minimum absolute atomic E-state index is 0.297. The lowest BCUT2D eigenvalue weighted by molar-refractivity contribution is -0.135. The molecular weight excluding hydrogens is 218 g/mol. The molecule has 92 valence electrons. The van der Waals surface area contributed by atoms with Crippen molar-refractivity contribution in [3.8, 4) is 0 Å². The predicted octanol–water partition coefficient (Wildman–Crippen LogP) is -0.0331. The average Bonchev–Trinajstić information content (AvgIpc) is 2.83. The molecule has 2 fully saturated rings. The Morgan fingerprint density at radius 2 is 2.31 bits per heavy atom. The molecule has 2 aliphatic heterocycles. The number of hydrogen-bond acceptors (Lipinski definition) is 3. The molecule has 2 atom stereocenters. The van der Waals surface area contributed by atoms with Crippen molar-refractivity contribution >= 4 is 5.91 Å². The van der Waals surface area contributed by atoms with E-state index in [1.165, 1.54) is 0 Å². The standard InChI is InChI=1S/C10H16F2N2O2/c11-10(12)4-7(5-15)14(6-10)9(16)8-2-1-3-13-8/h7-8,13,15H,1-6H2/t7-,8-/m0/s1. The van der Waals surface area contributed by atoms with Gasteiger partial charge in [-0.2, -0.15) is 0 Å². The summed E-state index contributed by atoms with van der Waals surface area (Å²) >= 11 is 0. The van der Waals surface area contributed by atoms with E-state index in [0.717, 1.165) is 17.9 Å². The third-order valence-electron chi connectivity index (χ3n) is 3.23. The summed E-state index contributed by atoms with van der Waals surface area (Å²) < 4.78 is 26.3. The fourth-order valence-electron chi connectivity index (χ4n) is 2.41. The summed E-state index contributed by atoms with van der Waals surface area (Å²) in [4.78, 5) is 13.1. The van der Waals surface area contributed by atoms with Crippen molar-refractivity contribution in [1.29, 1.82) is 0 Å². The van der Waals surface area contributed by atoms with E-state index in [2.05, 4.69) is 5.32 Å². The van der Waals surface area contributed by atoms with Crippen LogP contribution in [0.5, 0.6) is 0 Å². The van der Waals surface area contributed by atoms with Crippen LogP contribution in [0, 0.1) is 0 Å². The molecule has 2 rings (SSSR count). The highest BCUT2D eigenvalue weighted by Gasteiger charge is 2.47. The van der Waals surface area contributed by atoms with Crippen molar-refractivity contribution in [3.05, 3.63) is 0 Å². The van der Waals surface area contributed by atoms with Gasteiger partial charge in [0.05, 0.1) is 25.2 Å². The Morgan fingerprint density at radius 3 is 2.88 bits per heavy atom. The second-order valence-corrected chi connectivity index (χ2v) is 4.51. The third-order valence-corrected chi connectivity index (χ3v) is 3.23. The maximum atomic E-state index is 13.2. The molecule has 0 aromatic carbocycles. The molecule has 2 heterocycles. The fraction of sp³-hybridized carbons (Fsp3) is 0.900. The third kappa shape index (κ3) is 2.17. The number of aliphatic hydroxyl groups excluding tert-OH is 1. The van der Waals surface area contributed by atoms with Gasteiger partial charge >= 0.3 is 0 Å². The van der Waals surface area contributed by atoms with Gasteiger partial charge in [0.2, 0.25) is 5.91 Å². The van der Waals surface area contributed by atoms with Crippen LogP contribution in [0.15, 0.2) is 0 Å². The second-order valence-electron chi connectivity index (χ2n) is 4.51. The maximum absolute atomic E-state index is 13.2. The van der Waals surface area contributed by atoms with E-state index < -0.39 is 31.5 Å². The number of nitrogens with zero attached hydrogens (tertiary/aromatic N) is 1. The van der Waals surface area contributed by atoms with Crippen molar-refractivity contribution in [2.24, 2.45) is 0 Å². The van der Waals surface area contributed by atoms with Crippen LogP contribution in [0.25, 0.3) is 0 Å². The smallest absolute Gasteiger partial charge is 0.267 e. The van der Waals surface area contributed by atoms with Crippen molar-refractivity contribution in [2.75, 3.05) is 19.7 Å². The van der Waals surface area contributed by atoms with Gasteiger partial charge in [-0.1, -0.05) is 0 Å². The van der Waals surface area contributed by atoms with E-state index in [1.807, 2.05) is 0 Å². The van der Waals surface area contributed by atoms with Crippen molar-refractivity contribution < 1.29 is 18.7 Å². The van der Waals surface area contributed by atoms with Crippen molar-refractivity contribution in [1.82, 2.24) is 10.2 Å². The van der Waals surface area contributed by atoms with Gasteiger partial charge in [0.15, 0.2) is 0 Å². The van der Waals surface area contributed by atoms with Crippen molar-refractivity contribution in [3.63, 3.8) is 0 Å². The van der Waals surface area contributed by atoms with Gasteiger partial charge < -0.3 is 15.3 Å². The van der Waals surface area contributed by atoms with Crippen molar-refractivity contribution in [2.45, 2.75) is 37.3 Å². The monoisotopic (exact) mass is 234 g/mol. The molecule has 1 amide bonds. The Balaban J connectivity index is 2.04. The van der Waals surface area contributed by atoms with E-state index in [0.29, 0.717) is 6.42 Å². The molecular formula is C10H16F2N2O2. The molecule has 2 saturated heterocycles. The zero-order valence-corrected chi connectivity index (χ0v) is 8.96. The number of carbonyl (C=O) groups is 1. The molecule has 0 aromatic heterocycles. The number of hydrogen-bond donors (Lipinski definition) is 2. The summed E-state index contributed by atoms with van der Waals surface area (Å²) in [6, 6.07) is -1.08. The number of alkyl halides is 2. The summed E-state index contributed by atoms with van der Waals surface area (Å²) in [5.41, 5.74) is 0. The quantitative estimate of drug-likeness (QED) is 0.705. The summed E-state index contributed by atoms with van der Waals surface area (Å²) in [7, 11) is 0. The molecule has 6 heteroatoms. The van der Waals surface area contributed by atoms with Crippen LogP contribution in [0.2, 0.25) is 0 Å². The number of nitrogens with one attached hydrogen (secondary N) is 1. The highest BCUT2D eigenvalue weighted by Crippen LogP contribution is 2.32. The minimum atomic E-state index is -2.86. The van der Waals surface area contributed by atoms with Gasteiger partial charge in [-0.05, 0) is 19.4 Å². The molecule has 4 nitrogen and oxygen atoms in total. The van der Waals surface area contributed by atoms with Gasteiger partial charge in [-0.25, -0.2) is 8.78 Å². The van der Waals surface area contributed by atoms with Gasteiger partial charge in [-0.15, -0.1) is 0 Å². The Hall–Kier alpha value is -0.750. The zero-order chi connectivity index (χ0) is 11.8. The summed E-state index contributed by atoms with van der Waals surface area (Å²) in [5.74, 6) is -3.16. The van der Waals surface area contributed by atoms with Crippen LogP contribution in [-0.4, -0.2) is 53.6 Å². The number of carbonyl (C=O) groups excluding carboxylic acids is 1. The van der Waals surface area contributed by atoms with Crippen LogP contribution in [0.1, 0.15) is 19.3 Å². The van der Waals surface area contributed by atoms with Crippen LogP contribution in [-0.2, 0) is 4.79 Å². The van der Waals surface area contributed by atoms with Gasteiger partial charge in [0, 0.05) is 6.42 Å². The summed E-state index contributed by atoms with van der Waals surface area (Å²) in [5, 5.41) is 12.0. The van der Waals surface area contributed by atoms with Crippen LogP contribution < -0.4 is 5.32 Å². The highest BCUT2D eigenvalue weighted by atomic mass is 19.3. The van der Waals surface area contributed by atoms with E-state index in [9.17, 15) is 13.6 Å². The lowest BCUT2D eigenvalue weighted by atomic mass is 10.1. The topological polar surface area (TPSA) is 52.6 Å². The molecule has 0 saturated carbocycles. The molecule has 0 unspecified atom stereocenters. The lowest BCUT2D eigenvalue weighted by Crippen LogP contribution is -2.47. The summed E-state index contributed by atoms with van der Waals surface area (Å²) in [6.07, 6.45) is 1.16. The number of halogens is 2. The van der Waals surface area contributed by atoms with E-state index in [4.69, 9.17) is 5.11 Å². The Kier molecular flexibility index (Phi) is 3.12. The van der Waals surface area contributed by atoms with E-state index in [-0.39, 0.29) is 11.9 Å². The average molecular weight is 234 g/mol. The first kappa shape index (κ1) is 11.7. The second kappa shape index (κ2) is 4.25.